The molecule has 1 unspecified atom stereocenters. The van der Waals surface area contributed by atoms with Crippen molar-refractivity contribution >= 4 is 11.9 Å². The smallest absolute Gasteiger partial charge is 0.309 e. The van der Waals surface area contributed by atoms with Crippen molar-refractivity contribution in [2.45, 2.75) is 341 Å². The zero-order valence-corrected chi connectivity index (χ0v) is 46.4. The fourth-order valence-electron chi connectivity index (χ4n) is 10.4. The van der Waals surface area contributed by atoms with E-state index in [2.05, 4.69) is 19.1 Å². The van der Waals surface area contributed by atoms with Crippen molar-refractivity contribution in [2.24, 2.45) is 11.3 Å². The highest BCUT2D eigenvalue weighted by molar-refractivity contribution is 5.80. The lowest BCUT2D eigenvalue weighted by molar-refractivity contribution is -0.155. The first-order valence-corrected chi connectivity index (χ1v) is 31.3. The number of aliphatic hydroxyl groups excluding tert-OH is 2. The van der Waals surface area contributed by atoms with Gasteiger partial charge in [0.15, 0.2) is 0 Å². The quantitative estimate of drug-likeness (QED) is 0.0358. The molecule has 1 aliphatic heterocycles. The van der Waals surface area contributed by atoms with Crippen LogP contribution in [0.1, 0.15) is 341 Å². The maximum absolute atomic E-state index is 12.5. The number of rotatable bonds is 54. The number of unbranched alkanes of at least 4 members (excludes halogenated alkanes) is 48. The third-order valence-corrected chi connectivity index (χ3v) is 15.5. The molecule has 0 aromatic rings. The first-order chi connectivity index (χ1) is 34.1. The van der Waals surface area contributed by atoms with E-state index < -0.39 is 36.5 Å². The highest BCUT2D eigenvalue weighted by Crippen LogP contribution is 2.25. The van der Waals surface area contributed by atoms with E-state index in [9.17, 15) is 19.8 Å². The van der Waals surface area contributed by atoms with Crippen LogP contribution in [0.2, 0.25) is 0 Å². The molecule has 0 radical (unpaired) electrons. The van der Waals surface area contributed by atoms with E-state index in [1.807, 2.05) is 0 Å². The number of esters is 2. The summed E-state index contributed by atoms with van der Waals surface area (Å²) in [5.41, 5.74) is -1.12. The van der Waals surface area contributed by atoms with E-state index in [4.69, 9.17) is 9.47 Å². The van der Waals surface area contributed by atoms with E-state index in [0.29, 0.717) is 6.42 Å². The van der Waals surface area contributed by atoms with Gasteiger partial charge in [-0.2, -0.15) is 0 Å². The highest BCUT2D eigenvalue weighted by Gasteiger charge is 2.36. The Hall–Kier alpha value is -1.40. The van der Waals surface area contributed by atoms with Crippen LogP contribution in [0.25, 0.3) is 0 Å². The molecule has 6 heteroatoms. The number of carbonyl (C=O) groups is 2. The van der Waals surface area contributed by atoms with Gasteiger partial charge < -0.3 is 19.7 Å². The summed E-state index contributed by atoms with van der Waals surface area (Å²) in [6, 6.07) is 0. The molecule has 0 bridgehead atoms. The molecule has 1 aliphatic rings. The average molecular weight is 974 g/mol. The molecule has 0 aliphatic carbocycles. The number of cyclic esters (lactones) is 2. The van der Waals surface area contributed by atoms with Crippen molar-refractivity contribution < 1.29 is 29.3 Å². The van der Waals surface area contributed by atoms with E-state index in [0.717, 1.165) is 19.3 Å². The van der Waals surface area contributed by atoms with Crippen molar-refractivity contribution in [3.05, 3.63) is 12.2 Å². The van der Waals surface area contributed by atoms with E-state index in [-0.39, 0.29) is 19.6 Å². The molecule has 0 aromatic heterocycles. The first-order valence-electron chi connectivity index (χ1n) is 31.3. The zero-order valence-electron chi connectivity index (χ0n) is 46.4. The summed E-state index contributed by atoms with van der Waals surface area (Å²) < 4.78 is 10.6. The lowest BCUT2D eigenvalue weighted by atomic mass is 9.92. The van der Waals surface area contributed by atoms with Crippen LogP contribution in [-0.2, 0) is 19.1 Å². The Morgan fingerprint density at radius 1 is 0.377 bits per heavy atom. The predicted octanol–water partition coefficient (Wildman–Crippen LogP) is 19.5. The predicted molar refractivity (Wildman–Crippen MR) is 297 cm³/mol. The summed E-state index contributed by atoms with van der Waals surface area (Å²) in [6.07, 6.45) is 75.7. The molecule has 0 amide bonds. The molecular formula is C63H120O6. The Balaban J connectivity index is 1.68. The number of hydrogen-bond acceptors (Lipinski definition) is 6. The molecular weight excluding hydrogens is 853 g/mol. The van der Waals surface area contributed by atoms with E-state index >= 15 is 0 Å². The van der Waals surface area contributed by atoms with Crippen molar-refractivity contribution in [3.63, 3.8) is 0 Å². The Bertz CT molecular complexity index is 1090. The topological polar surface area (TPSA) is 93.1 Å². The summed E-state index contributed by atoms with van der Waals surface area (Å²) in [6.45, 7) is 1.21. The Kier molecular flexibility index (Phi) is 50.3. The van der Waals surface area contributed by atoms with Crippen LogP contribution >= 0.6 is 0 Å². The van der Waals surface area contributed by atoms with Gasteiger partial charge in [-0.05, 0) is 32.1 Å². The molecule has 2 N–H and O–H groups in total. The van der Waals surface area contributed by atoms with Gasteiger partial charge in [0.1, 0.15) is 13.2 Å². The van der Waals surface area contributed by atoms with Crippen LogP contribution in [0.4, 0.5) is 0 Å². The normalized spacial score (nSPS) is 15.4. The van der Waals surface area contributed by atoms with Crippen LogP contribution in [0.15, 0.2) is 12.2 Å². The second-order valence-electron chi connectivity index (χ2n) is 22.4. The SMILES string of the molecule is CCCCCCCCCCCCCCCCCC/C=C/CCCCCCCCCCCCCCCCCCCCCCCCCCCCCCCCCCC1CC(=O)OCC(CO)(CO)COC1=O. The first kappa shape index (κ1) is 65.6. The number of allylic oxidation sites excluding steroid dienone is 2. The fourth-order valence-corrected chi connectivity index (χ4v) is 10.4. The Morgan fingerprint density at radius 3 is 0.899 bits per heavy atom. The molecule has 69 heavy (non-hydrogen) atoms. The highest BCUT2D eigenvalue weighted by atomic mass is 16.6. The van der Waals surface area contributed by atoms with Crippen LogP contribution in [0.5, 0.6) is 0 Å². The van der Waals surface area contributed by atoms with E-state index in [1.54, 1.807) is 0 Å². The number of ether oxygens (including phenoxy) is 2. The molecule has 0 aromatic carbocycles. The maximum Gasteiger partial charge on any atom is 0.309 e. The second kappa shape index (κ2) is 52.9. The molecule has 1 rings (SSSR count). The summed E-state index contributed by atoms with van der Waals surface area (Å²) >= 11 is 0. The average Bonchev–Trinajstić information content (AvgIpc) is 3.41. The third kappa shape index (κ3) is 45.0. The van der Waals surface area contributed by atoms with Gasteiger partial charge in [-0.25, -0.2) is 0 Å². The van der Waals surface area contributed by atoms with Crippen LogP contribution in [0, 0.1) is 11.3 Å². The standard InChI is InChI=1S/C63H120O6/c1-2-3-4-5-6-7-8-9-10-11-12-13-14-15-16-17-18-19-20-21-22-23-24-25-26-27-28-29-30-31-32-33-34-35-36-37-38-39-40-41-42-43-44-45-46-47-48-49-50-51-52-53-54-60-55-61(66)68-58-63(56-64,57-65)59-69-62(60)67/h19-20,60,64-65H,2-18,21-59H2,1H3/b20-19+. The van der Waals surface area contributed by atoms with Gasteiger partial charge in [-0.15, -0.1) is 0 Å². The summed E-state index contributed by atoms with van der Waals surface area (Å²) in [7, 11) is 0. The summed E-state index contributed by atoms with van der Waals surface area (Å²) in [4.78, 5) is 24.7. The van der Waals surface area contributed by atoms with Gasteiger partial charge in [0, 0.05) is 0 Å². The molecule has 6 nitrogen and oxygen atoms in total. The Labute approximate surface area is 430 Å². The number of carbonyl (C=O) groups excluding carboxylic acids is 2. The number of aliphatic hydroxyl groups is 2. The molecule has 1 fully saturated rings. The fraction of sp³-hybridized carbons (Fsp3) is 0.937. The van der Waals surface area contributed by atoms with Crippen molar-refractivity contribution in [3.8, 4) is 0 Å². The molecule has 0 saturated carbocycles. The van der Waals surface area contributed by atoms with Gasteiger partial charge >= 0.3 is 11.9 Å². The summed E-state index contributed by atoms with van der Waals surface area (Å²) in [5.74, 6) is -1.40. The van der Waals surface area contributed by atoms with Crippen molar-refractivity contribution in [2.75, 3.05) is 26.4 Å². The van der Waals surface area contributed by atoms with Gasteiger partial charge in [-0.1, -0.05) is 314 Å². The summed E-state index contributed by atoms with van der Waals surface area (Å²) in [5, 5.41) is 19.2. The molecule has 1 heterocycles. The largest absolute Gasteiger partial charge is 0.465 e. The zero-order chi connectivity index (χ0) is 49.7. The lowest BCUT2D eigenvalue weighted by Gasteiger charge is -2.27. The molecule has 1 saturated heterocycles. The van der Waals surface area contributed by atoms with Gasteiger partial charge in [0.2, 0.25) is 0 Å². The van der Waals surface area contributed by atoms with Gasteiger partial charge in [0.25, 0.3) is 0 Å². The van der Waals surface area contributed by atoms with Crippen molar-refractivity contribution in [1.82, 2.24) is 0 Å². The third-order valence-electron chi connectivity index (χ3n) is 15.5. The van der Waals surface area contributed by atoms with Crippen LogP contribution < -0.4 is 0 Å². The molecule has 0 spiro atoms. The minimum Gasteiger partial charge on any atom is -0.465 e. The molecule has 408 valence electrons. The lowest BCUT2D eigenvalue weighted by Crippen LogP contribution is -2.40. The van der Waals surface area contributed by atoms with Gasteiger partial charge in [-0.3, -0.25) is 9.59 Å². The maximum atomic E-state index is 12.5. The second-order valence-corrected chi connectivity index (χ2v) is 22.4. The van der Waals surface area contributed by atoms with E-state index in [1.165, 1.54) is 302 Å². The number of hydrogen-bond donors (Lipinski definition) is 2. The van der Waals surface area contributed by atoms with Crippen LogP contribution in [-0.4, -0.2) is 48.6 Å². The van der Waals surface area contributed by atoms with Crippen LogP contribution in [0.3, 0.4) is 0 Å². The monoisotopic (exact) mass is 973 g/mol. The minimum absolute atomic E-state index is 0.00485. The molecule has 1 atom stereocenters. The van der Waals surface area contributed by atoms with Crippen molar-refractivity contribution in [1.29, 1.82) is 0 Å². The Morgan fingerprint density at radius 2 is 0.623 bits per heavy atom. The van der Waals surface area contributed by atoms with Gasteiger partial charge in [0.05, 0.1) is 31.0 Å². The minimum atomic E-state index is -1.12.